The third-order valence-electron chi connectivity index (χ3n) is 5.46. The third-order valence-corrected chi connectivity index (χ3v) is 7.36. The first-order valence-electron chi connectivity index (χ1n) is 9.76. The predicted octanol–water partition coefficient (Wildman–Crippen LogP) is 3.65. The van der Waals surface area contributed by atoms with Crippen LogP contribution in [-0.4, -0.2) is 43.2 Å². The first-order chi connectivity index (χ1) is 14.0. The van der Waals surface area contributed by atoms with Gasteiger partial charge >= 0.3 is 0 Å². The molecule has 1 aliphatic rings. The van der Waals surface area contributed by atoms with E-state index in [1.54, 1.807) is 24.1 Å². The highest BCUT2D eigenvalue weighted by Crippen LogP contribution is 2.29. The summed E-state index contributed by atoms with van der Waals surface area (Å²) in [6.07, 6.45) is 1.23. The number of hydrogen-bond acceptors (Lipinski definition) is 3. The van der Waals surface area contributed by atoms with Crippen LogP contribution in [0.1, 0.15) is 18.4 Å². The number of benzene rings is 3. The minimum Gasteiger partial charge on any atom is -0.340 e. The van der Waals surface area contributed by atoms with Gasteiger partial charge in [0.05, 0.1) is 4.90 Å². The molecule has 3 aromatic rings. The molecule has 1 fully saturated rings. The van der Waals surface area contributed by atoms with Gasteiger partial charge in [0.15, 0.2) is 0 Å². The fourth-order valence-corrected chi connectivity index (χ4v) is 5.61. The highest BCUT2D eigenvalue weighted by atomic mass is 32.2. The van der Waals surface area contributed by atoms with Crippen molar-refractivity contribution in [2.45, 2.75) is 30.3 Å². The van der Waals surface area contributed by atoms with Crippen LogP contribution in [0.15, 0.2) is 77.7 Å². The number of fused-ring (bicyclic) bond motifs is 1. The van der Waals surface area contributed by atoms with Crippen molar-refractivity contribution in [1.82, 2.24) is 9.21 Å². The van der Waals surface area contributed by atoms with Gasteiger partial charge in [0.2, 0.25) is 15.9 Å². The van der Waals surface area contributed by atoms with Crippen LogP contribution in [-0.2, 0) is 21.4 Å². The van der Waals surface area contributed by atoms with Gasteiger partial charge in [-0.1, -0.05) is 60.7 Å². The van der Waals surface area contributed by atoms with Crippen LogP contribution in [0.25, 0.3) is 10.8 Å². The van der Waals surface area contributed by atoms with Crippen LogP contribution >= 0.6 is 0 Å². The fraction of sp³-hybridized carbons (Fsp3) is 0.261. The lowest BCUT2D eigenvalue weighted by atomic mass is 10.1. The van der Waals surface area contributed by atoms with Crippen molar-refractivity contribution in [2.75, 3.05) is 13.6 Å². The highest BCUT2D eigenvalue weighted by molar-refractivity contribution is 7.89. The average molecular weight is 409 g/mol. The number of sulfonamides is 1. The number of rotatable bonds is 5. The summed E-state index contributed by atoms with van der Waals surface area (Å²) in [4.78, 5) is 14.9. The Labute approximate surface area is 171 Å². The van der Waals surface area contributed by atoms with E-state index in [0.29, 0.717) is 25.9 Å². The topological polar surface area (TPSA) is 57.7 Å². The minimum absolute atomic E-state index is 0.157. The molecule has 0 saturated carbocycles. The zero-order chi connectivity index (χ0) is 20.4. The number of hydrogen-bond donors (Lipinski definition) is 0. The maximum atomic E-state index is 13.3. The van der Waals surface area contributed by atoms with Crippen molar-refractivity contribution in [1.29, 1.82) is 0 Å². The van der Waals surface area contributed by atoms with Crippen LogP contribution in [0.3, 0.4) is 0 Å². The van der Waals surface area contributed by atoms with E-state index in [0.717, 1.165) is 16.3 Å². The van der Waals surface area contributed by atoms with Crippen LogP contribution < -0.4 is 0 Å². The van der Waals surface area contributed by atoms with Gasteiger partial charge in [-0.05, 0) is 41.3 Å². The van der Waals surface area contributed by atoms with Gasteiger partial charge in [-0.2, -0.15) is 4.31 Å². The van der Waals surface area contributed by atoms with Crippen molar-refractivity contribution < 1.29 is 13.2 Å². The van der Waals surface area contributed by atoms with E-state index in [-0.39, 0.29) is 10.8 Å². The van der Waals surface area contributed by atoms with Gasteiger partial charge in [-0.15, -0.1) is 0 Å². The van der Waals surface area contributed by atoms with Crippen LogP contribution in [0.4, 0.5) is 0 Å². The molecule has 0 unspecified atom stereocenters. The van der Waals surface area contributed by atoms with Crippen molar-refractivity contribution >= 4 is 26.7 Å². The lowest BCUT2D eigenvalue weighted by Crippen LogP contribution is -2.46. The molecule has 1 atom stereocenters. The Kier molecular flexibility index (Phi) is 5.39. The maximum absolute atomic E-state index is 13.3. The van der Waals surface area contributed by atoms with E-state index in [1.165, 1.54) is 4.31 Å². The molecule has 0 N–H and O–H groups in total. The average Bonchev–Trinajstić information content (AvgIpc) is 3.24. The summed E-state index contributed by atoms with van der Waals surface area (Å²) in [6, 6.07) is 21.9. The zero-order valence-corrected chi connectivity index (χ0v) is 17.2. The summed E-state index contributed by atoms with van der Waals surface area (Å²) in [5, 5.41) is 1.86. The molecule has 0 spiro atoms. The van der Waals surface area contributed by atoms with E-state index in [2.05, 4.69) is 0 Å². The van der Waals surface area contributed by atoms with Crippen molar-refractivity contribution in [3.8, 4) is 0 Å². The molecule has 0 bridgehead atoms. The molecule has 0 aliphatic carbocycles. The van der Waals surface area contributed by atoms with Gasteiger partial charge in [-0.25, -0.2) is 8.42 Å². The highest BCUT2D eigenvalue weighted by Gasteiger charge is 2.40. The molecule has 1 aliphatic heterocycles. The molecule has 29 heavy (non-hydrogen) atoms. The Morgan fingerprint density at radius 1 is 1.00 bits per heavy atom. The van der Waals surface area contributed by atoms with Crippen molar-refractivity contribution in [3.05, 3.63) is 78.4 Å². The predicted molar refractivity (Wildman–Crippen MR) is 114 cm³/mol. The molecule has 3 aromatic carbocycles. The monoisotopic (exact) mass is 408 g/mol. The third kappa shape index (κ3) is 3.91. The van der Waals surface area contributed by atoms with E-state index in [4.69, 9.17) is 0 Å². The Morgan fingerprint density at radius 2 is 1.69 bits per heavy atom. The van der Waals surface area contributed by atoms with E-state index >= 15 is 0 Å². The SMILES string of the molecule is CN(Cc1ccccc1)C(=O)[C@H]1CCCN1S(=O)(=O)c1ccc2ccccc2c1. The molecule has 6 heteroatoms. The van der Waals surface area contributed by atoms with Crippen molar-refractivity contribution in [3.63, 3.8) is 0 Å². The quantitative estimate of drug-likeness (QED) is 0.648. The van der Waals surface area contributed by atoms with Gasteiger partial charge in [-0.3, -0.25) is 4.79 Å². The molecule has 4 rings (SSSR count). The van der Waals surface area contributed by atoms with Crippen LogP contribution in [0.5, 0.6) is 0 Å². The summed E-state index contributed by atoms with van der Waals surface area (Å²) in [5.41, 5.74) is 1.02. The summed E-state index contributed by atoms with van der Waals surface area (Å²) in [7, 11) is -2.01. The lowest BCUT2D eigenvalue weighted by Gasteiger charge is -2.27. The number of carbonyl (C=O) groups excluding carboxylic acids is 1. The molecule has 150 valence electrons. The molecule has 0 aromatic heterocycles. The number of carbonyl (C=O) groups is 1. The number of amides is 1. The summed E-state index contributed by atoms with van der Waals surface area (Å²) in [5.74, 6) is -0.157. The molecule has 5 nitrogen and oxygen atoms in total. The Bertz CT molecular complexity index is 1130. The second-order valence-electron chi connectivity index (χ2n) is 7.46. The van der Waals surface area contributed by atoms with Gasteiger partial charge in [0.1, 0.15) is 6.04 Å². The largest absolute Gasteiger partial charge is 0.340 e. The molecule has 0 radical (unpaired) electrons. The number of likely N-dealkylation sites (N-methyl/N-ethyl adjacent to an activating group) is 1. The first-order valence-corrected chi connectivity index (χ1v) is 11.2. The lowest BCUT2D eigenvalue weighted by molar-refractivity contribution is -0.133. The second-order valence-corrected chi connectivity index (χ2v) is 9.35. The maximum Gasteiger partial charge on any atom is 0.243 e. The summed E-state index contributed by atoms with van der Waals surface area (Å²) < 4.78 is 28.0. The van der Waals surface area contributed by atoms with E-state index in [1.807, 2.05) is 60.7 Å². The first kappa shape index (κ1) is 19.6. The Hall–Kier alpha value is -2.70. The minimum atomic E-state index is -3.74. The normalized spacial score (nSPS) is 17.5. The number of nitrogens with zero attached hydrogens (tertiary/aromatic N) is 2. The van der Waals surface area contributed by atoms with Gasteiger partial charge in [0, 0.05) is 20.1 Å². The second kappa shape index (κ2) is 7.97. The molecule has 1 saturated heterocycles. The fourth-order valence-electron chi connectivity index (χ4n) is 3.93. The standard InChI is InChI=1S/C23H24N2O3S/c1-24(17-18-8-3-2-4-9-18)23(26)22-12-7-15-25(22)29(27,28)21-14-13-19-10-5-6-11-20(19)16-21/h2-6,8-11,13-14,16,22H,7,12,15,17H2,1H3/t22-/m1/s1. The smallest absolute Gasteiger partial charge is 0.243 e. The Balaban J connectivity index is 1.58. The van der Waals surface area contributed by atoms with E-state index in [9.17, 15) is 13.2 Å². The van der Waals surface area contributed by atoms with Crippen molar-refractivity contribution in [2.24, 2.45) is 0 Å². The summed E-state index contributed by atoms with van der Waals surface area (Å²) in [6.45, 7) is 0.824. The molecular weight excluding hydrogens is 384 g/mol. The van der Waals surface area contributed by atoms with Crippen LogP contribution in [0, 0.1) is 0 Å². The Morgan fingerprint density at radius 3 is 2.45 bits per heavy atom. The molecule has 1 amide bonds. The summed E-state index contributed by atoms with van der Waals surface area (Å²) >= 11 is 0. The molecular formula is C23H24N2O3S. The van der Waals surface area contributed by atoms with Gasteiger partial charge < -0.3 is 4.90 Å². The van der Waals surface area contributed by atoms with Gasteiger partial charge in [0.25, 0.3) is 0 Å². The van der Waals surface area contributed by atoms with E-state index < -0.39 is 16.1 Å². The zero-order valence-electron chi connectivity index (χ0n) is 16.4. The molecule has 1 heterocycles. The van der Waals surface area contributed by atoms with Crippen LogP contribution in [0.2, 0.25) is 0 Å².